The summed E-state index contributed by atoms with van der Waals surface area (Å²) in [5, 5.41) is 17.6. The Bertz CT molecular complexity index is 1310. The molecule has 0 radical (unpaired) electrons. The number of phenols is 1. The van der Waals surface area contributed by atoms with E-state index in [1.807, 2.05) is 56.3 Å². The number of hydrogen-bond acceptors (Lipinski definition) is 5. The molecule has 0 heterocycles. The highest BCUT2D eigenvalue weighted by Gasteiger charge is 2.35. The molecular weight excluding hydrogens is 482 g/mol. The van der Waals surface area contributed by atoms with Gasteiger partial charge in [-0.15, -0.1) is 0 Å². The third-order valence-electron chi connectivity index (χ3n) is 6.22. The van der Waals surface area contributed by atoms with Crippen LogP contribution in [0.15, 0.2) is 60.7 Å². The van der Waals surface area contributed by atoms with Crippen LogP contribution in [0.4, 0.5) is 10.5 Å². The maximum absolute atomic E-state index is 13.9. The maximum Gasteiger partial charge on any atom is 0.408 e. The minimum absolute atomic E-state index is 0.0930. The number of hydrogen-bond donors (Lipinski definition) is 3. The van der Waals surface area contributed by atoms with Crippen molar-refractivity contribution in [2.24, 2.45) is 0 Å². The van der Waals surface area contributed by atoms with Crippen molar-refractivity contribution < 1.29 is 24.2 Å². The first-order chi connectivity index (χ1) is 17.9. The molecule has 8 nitrogen and oxygen atoms in total. The summed E-state index contributed by atoms with van der Waals surface area (Å²) < 4.78 is 5.26. The van der Waals surface area contributed by atoms with Crippen molar-refractivity contribution in [2.45, 2.75) is 65.6 Å². The molecular formula is C30H37N3O5. The van der Waals surface area contributed by atoms with Gasteiger partial charge in [0.05, 0.1) is 0 Å². The van der Waals surface area contributed by atoms with Gasteiger partial charge in [0, 0.05) is 11.7 Å². The zero-order valence-electron chi connectivity index (χ0n) is 22.9. The van der Waals surface area contributed by atoms with Crippen LogP contribution >= 0.6 is 0 Å². The molecule has 0 aliphatic heterocycles. The average molecular weight is 520 g/mol. The molecule has 0 aromatic heterocycles. The number of carbonyl (C=O) groups excluding carboxylic acids is 3. The van der Waals surface area contributed by atoms with E-state index in [2.05, 4.69) is 10.6 Å². The number of fused-ring (bicyclic) bond motifs is 1. The van der Waals surface area contributed by atoms with Gasteiger partial charge in [-0.3, -0.25) is 9.59 Å². The second-order valence-electron chi connectivity index (χ2n) is 10.4. The molecule has 3 amide bonds. The van der Waals surface area contributed by atoms with E-state index in [-0.39, 0.29) is 18.3 Å². The molecule has 3 aromatic carbocycles. The number of anilines is 1. The van der Waals surface area contributed by atoms with Crippen LogP contribution in [0, 0.1) is 6.92 Å². The van der Waals surface area contributed by atoms with Crippen molar-refractivity contribution in [1.29, 1.82) is 0 Å². The summed E-state index contributed by atoms with van der Waals surface area (Å²) in [6, 6.07) is 17.0. The fourth-order valence-corrected chi connectivity index (χ4v) is 4.16. The highest BCUT2D eigenvalue weighted by molar-refractivity contribution is 6.00. The van der Waals surface area contributed by atoms with Gasteiger partial charge in [0.15, 0.2) is 0 Å². The average Bonchev–Trinajstić information content (AvgIpc) is 2.86. The van der Waals surface area contributed by atoms with Crippen LogP contribution in [0.5, 0.6) is 5.75 Å². The van der Waals surface area contributed by atoms with Gasteiger partial charge in [-0.1, -0.05) is 43.3 Å². The van der Waals surface area contributed by atoms with E-state index in [1.165, 1.54) is 11.0 Å². The number of aromatic hydroxyl groups is 1. The van der Waals surface area contributed by atoms with Crippen molar-refractivity contribution >= 4 is 34.4 Å². The number of aryl methyl sites for hydroxylation is 1. The number of nitrogens with one attached hydrogen (secondary N) is 2. The van der Waals surface area contributed by atoms with Crippen molar-refractivity contribution in [2.75, 3.05) is 11.9 Å². The predicted molar refractivity (Wildman–Crippen MR) is 149 cm³/mol. The van der Waals surface area contributed by atoms with E-state index >= 15 is 0 Å². The summed E-state index contributed by atoms with van der Waals surface area (Å²) in [4.78, 5) is 41.1. The summed E-state index contributed by atoms with van der Waals surface area (Å²) in [6.07, 6.45) is -0.137. The molecule has 2 unspecified atom stereocenters. The number of alkyl carbamates (subject to hydrolysis) is 1. The number of rotatable bonds is 8. The van der Waals surface area contributed by atoms with Crippen molar-refractivity contribution in [3.63, 3.8) is 0 Å². The van der Waals surface area contributed by atoms with E-state index in [4.69, 9.17) is 4.74 Å². The van der Waals surface area contributed by atoms with Crippen LogP contribution in [0.1, 0.15) is 58.2 Å². The number of benzene rings is 3. The molecule has 202 valence electrons. The van der Waals surface area contributed by atoms with Crippen LogP contribution in [0.3, 0.4) is 0 Å². The molecule has 0 fully saturated rings. The number of phenolic OH excluding ortho intramolecular Hbond substituents is 1. The molecule has 0 aliphatic rings. The van der Waals surface area contributed by atoms with Gasteiger partial charge >= 0.3 is 6.09 Å². The second kappa shape index (κ2) is 12.0. The van der Waals surface area contributed by atoms with Crippen LogP contribution in [0.2, 0.25) is 0 Å². The maximum atomic E-state index is 13.9. The number of nitrogens with zero attached hydrogens (tertiary/aromatic N) is 1. The first-order valence-electron chi connectivity index (χ1n) is 12.8. The standard InChI is InChI=1S/C30H37N3O5/c1-7-20(3)33(26(35)18-31-29(37)38-30(4,5)6)27(23-13-15-25(34)19(2)16-23)28(36)32-24-14-12-21-10-8-9-11-22(21)17-24/h8-17,20,27,34H,7,18H2,1-6H3,(H,31,37)(H,32,36). The number of carbonyl (C=O) groups is 3. The Labute approximate surface area is 224 Å². The van der Waals surface area contributed by atoms with Gasteiger partial charge in [0.2, 0.25) is 5.91 Å². The minimum Gasteiger partial charge on any atom is -0.508 e. The van der Waals surface area contributed by atoms with Crippen LogP contribution in [0.25, 0.3) is 10.8 Å². The lowest BCUT2D eigenvalue weighted by molar-refractivity contribution is -0.140. The third-order valence-corrected chi connectivity index (χ3v) is 6.22. The highest BCUT2D eigenvalue weighted by atomic mass is 16.6. The molecule has 38 heavy (non-hydrogen) atoms. The monoisotopic (exact) mass is 519 g/mol. The van der Waals surface area contributed by atoms with Gasteiger partial charge in [-0.05, 0) is 87.2 Å². The first-order valence-corrected chi connectivity index (χ1v) is 12.8. The lowest BCUT2D eigenvalue weighted by atomic mass is 9.98. The summed E-state index contributed by atoms with van der Waals surface area (Å²) in [5.41, 5.74) is 1.01. The molecule has 0 saturated carbocycles. The Morgan fingerprint density at radius 2 is 1.68 bits per heavy atom. The lowest BCUT2D eigenvalue weighted by Gasteiger charge is -2.36. The molecule has 3 rings (SSSR count). The molecule has 0 saturated heterocycles. The summed E-state index contributed by atoms with van der Waals surface area (Å²) >= 11 is 0. The molecule has 2 atom stereocenters. The van der Waals surface area contributed by atoms with Gasteiger partial charge in [-0.2, -0.15) is 0 Å². The molecule has 3 N–H and O–H groups in total. The number of amides is 3. The van der Waals surface area contributed by atoms with Gasteiger partial charge in [0.25, 0.3) is 5.91 Å². The first kappa shape index (κ1) is 28.5. The van der Waals surface area contributed by atoms with Gasteiger partial charge in [-0.25, -0.2) is 4.79 Å². The van der Waals surface area contributed by atoms with Crippen molar-refractivity contribution in [3.8, 4) is 5.75 Å². The minimum atomic E-state index is -1.01. The van der Waals surface area contributed by atoms with Crippen LogP contribution < -0.4 is 10.6 Å². The smallest absolute Gasteiger partial charge is 0.408 e. The molecule has 0 aliphatic carbocycles. The van der Waals surface area contributed by atoms with Crippen molar-refractivity contribution in [1.82, 2.24) is 10.2 Å². The Hall–Kier alpha value is -4.07. The summed E-state index contributed by atoms with van der Waals surface area (Å²) in [6.45, 7) is 10.4. The largest absolute Gasteiger partial charge is 0.508 e. The second-order valence-corrected chi connectivity index (χ2v) is 10.4. The Morgan fingerprint density at radius 3 is 2.32 bits per heavy atom. The molecule has 0 bridgehead atoms. The fourth-order valence-electron chi connectivity index (χ4n) is 4.16. The highest BCUT2D eigenvalue weighted by Crippen LogP contribution is 2.30. The van der Waals surface area contributed by atoms with Crippen LogP contribution in [-0.2, 0) is 14.3 Å². The van der Waals surface area contributed by atoms with Crippen molar-refractivity contribution in [3.05, 3.63) is 71.8 Å². The van der Waals surface area contributed by atoms with E-state index in [9.17, 15) is 19.5 Å². The van der Waals surface area contributed by atoms with Gasteiger partial charge < -0.3 is 25.4 Å². The summed E-state index contributed by atoms with van der Waals surface area (Å²) in [5.74, 6) is -0.749. The number of ether oxygens (including phenoxy) is 1. The topological polar surface area (TPSA) is 108 Å². The third kappa shape index (κ3) is 7.25. The normalized spacial score (nSPS) is 12.9. The Balaban J connectivity index is 1.96. The summed E-state index contributed by atoms with van der Waals surface area (Å²) in [7, 11) is 0. The van der Waals surface area contributed by atoms with Gasteiger partial charge in [0.1, 0.15) is 23.9 Å². The SMILES string of the molecule is CCC(C)N(C(=O)CNC(=O)OC(C)(C)C)C(C(=O)Nc1ccc2ccccc2c1)c1ccc(O)c(C)c1. The zero-order valence-corrected chi connectivity index (χ0v) is 22.9. The predicted octanol–water partition coefficient (Wildman–Crippen LogP) is 5.69. The van der Waals surface area contributed by atoms with Crippen LogP contribution in [-0.4, -0.2) is 46.1 Å². The zero-order chi connectivity index (χ0) is 28.0. The molecule has 3 aromatic rings. The Kier molecular flexibility index (Phi) is 8.99. The lowest BCUT2D eigenvalue weighted by Crippen LogP contribution is -2.50. The van der Waals surface area contributed by atoms with E-state index in [0.29, 0.717) is 23.2 Å². The fraction of sp³-hybridized carbons (Fsp3) is 0.367. The van der Waals surface area contributed by atoms with E-state index < -0.39 is 29.6 Å². The molecule has 0 spiro atoms. The van der Waals surface area contributed by atoms with E-state index in [0.717, 1.165) is 10.8 Å². The van der Waals surface area contributed by atoms with E-state index in [1.54, 1.807) is 39.8 Å². The Morgan fingerprint density at radius 1 is 1.00 bits per heavy atom. The quantitative estimate of drug-likeness (QED) is 0.355. The molecule has 8 heteroatoms.